The molecule has 12 heavy (non-hydrogen) atoms. The summed E-state index contributed by atoms with van der Waals surface area (Å²) in [4.78, 5) is 4.00. The number of hydrogen-bond donors (Lipinski definition) is 0. The lowest BCUT2D eigenvalue weighted by Crippen LogP contribution is -2.10. The van der Waals surface area contributed by atoms with Crippen molar-refractivity contribution < 1.29 is 4.74 Å². The van der Waals surface area contributed by atoms with Crippen LogP contribution in [0, 0.1) is 3.83 Å². The molecule has 0 radical (unpaired) electrons. The Hall–Kier alpha value is -0.170. The monoisotopic (exact) mass is 281 g/mol. The van der Waals surface area contributed by atoms with Crippen LogP contribution in [0.15, 0.2) is 6.33 Å². The first kappa shape index (κ1) is 9.91. The van der Waals surface area contributed by atoms with E-state index in [0.29, 0.717) is 6.61 Å². The van der Waals surface area contributed by atoms with E-state index in [-0.39, 0.29) is 6.10 Å². The van der Waals surface area contributed by atoms with Crippen LogP contribution in [0.5, 0.6) is 0 Å². The van der Waals surface area contributed by atoms with Gasteiger partial charge in [-0.3, -0.25) is 0 Å². The van der Waals surface area contributed by atoms with Crippen molar-refractivity contribution in [3.8, 4) is 0 Å². The van der Waals surface area contributed by atoms with Crippen molar-refractivity contribution in [3.63, 3.8) is 0 Å². The molecule has 0 spiro atoms. The molecule has 0 aromatic carbocycles. The maximum atomic E-state index is 5.36. The summed E-state index contributed by atoms with van der Waals surface area (Å²) in [6.45, 7) is 5.50. The van der Waals surface area contributed by atoms with Crippen molar-refractivity contribution in [3.05, 3.63) is 10.2 Å². The fourth-order valence-electron chi connectivity index (χ4n) is 0.762. The first-order chi connectivity index (χ1) is 5.68. The maximum absolute atomic E-state index is 5.36. The molecule has 0 amide bonds. The van der Waals surface area contributed by atoms with Crippen LogP contribution in [0.2, 0.25) is 0 Å². The third-order valence-electron chi connectivity index (χ3n) is 1.28. The fraction of sp³-hybridized carbons (Fsp3) is 0.714. The summed E-state index contributed by atoms with van der Waals surface area (Å²) in [6, 6.07) is 0. The molecule has 0 bridgehead atoms. The predicted octanol–water partition coefficient (Wildman–Crippen LogP) is 1.31. The highest BCUT2D eigenvalue weighted by Gasteiger charge is 1.97. The smallest absolute Gasteiger partial charge is 0.211 e. The molecule has 0 N–H and O–H groups in total. The summed E-state index contributed by atoms with van der Waals surface area (Å²) in [5.74, 6) is 0. The van der Waals surface area contributed by atoms with E-state index in [1.165, 1.54) is 0 Å². The highest BCUT2D eigenvalue weighted by molar-refractivity contribution is 14.1. The van der Waals surface area contributed by atoms with Crippen LogP contribution in [0.1, 0.15) is 13.8 Å². The summed E-state index contributed by atoms with van der Waals surface area (Å²) in [5.41, 5.74) is 0. The van der Waals surface area contributed by atoms with E-state index in [9.17, 15) is 0 Å². The van der Waals surface area contributed by atoms with Crippen LogP contribution in [0.25, 0.3) is 0 Å². The summed E-state index contributed by atoms with van der Waals surface area (Å²) >= 11 is 2.08. The summed E-state index contributed by atoms with van der Waals surface area (Å²) in [7, 11) is 0. The van der Waals surface area contributed by atoms with Crippen molar-refractivity contribution in [2.45, 2.75) is 26.5 Å². The minimum Gasteiger partial charge on any atom is -0.377 e. The van der Waals surface area contributed by atoms with E-state index in [2.05, 4.69) is 32.7 Å². The number of ether oxygens (including phenoxy) is 1. The van der Waals surface area contributed by atoms with Gasteiger partial charge >= 0.3 is 0 Å². The van der Waals surface area contributed by atoms with Gasteiger partial charge in [-0.05, 0) is 13.8 Å². The summed E-state index contributed by atoms with van der Waals surface area (Å²) in [6.07, 6.45) is 2.00. The average Bonchev–Trinajstić information content (AvgIpc) is 2.35. The van der Waals surface area contributed by atoms with E-state index in [0.717, 1.165) is 10.4 Å². The summed E-state index contributed by atoms with van der Waals surface area (Å²) < 4.78 is 7.92. The molecule has 4 nitrogen and oxygen atoms in total. The molecule has 1 aromatic rings. The van der Waals surface area contributed by atoms with Crippen molar-refractivity contribution in [2.24, 2.45) is 0 Å². The van der Waals surface area contributed by atoms with Gasteiger partial charge in [-0.2, -0.15) is 0 Å². The first-order valence-corrected chi connectivity index (χ1v) is 4.93. The quantitative estimate of drug-likeness (QED) is 0.781. The van der Waals surface area contributed by atoms with E-state index in [4.69, 9.17) is 4.74 Å². The van der Waals surface area contributed by atoms with Gasteiger partial charge in [0.2, 0.25) is 3.83 Å². The highest BCUT2D eigenvalue weighted by atomic mass is 127. The Morgan fingerprint density at radius 2 is 2.42 bits per heavy atom. The zero-order valence-electron chi connectivity index (χ0n) is 7.20. The van der Waals surface area contributed by atoms with E-state index in [1.54, 1.807) is 11.0 Å². The molecular weight excluding hydrogens is 269 g/mol. The molecule has 0 saturated carbocycles. The number of hydrogen-bond acceptors (Lipinski definition) is 3. The zero-order valence-corrected chi connectivity index (χ0v) is 9.35. The molecule has 0 aliphatic heterocycles. The van der Waals surface area contributed by atoms with Gasteiger partial charge in [0.25, 0.3) is 0 Å². The normalized spacial score (nSPS) is 11.0. The third kappa shape index (κ3) is 3.48. The topological polar surface area (TPSA) is 39.9 Å². The Kier molecular flexibility index (Phi) is 3.93. The fourth-order valence-corrected chi connectivity index (χ4v) is 1.16. The van der Waals surface area contributed by atoms with Crippen molar-refractivity contribution in [1.29, 1.82) is 0 Å². The van der Waals surface area contributed by atoms with Gasteiger partial charge < -0.3 is 4.74 Å². The number of halogens is 1. The lowest BCUT2D eigenvalue weighted by Gasteiger charge is -2.06. The lowest BCUT2D eigenvalue weighted by atomic mass is 10.5. The second-order valence-corrected chi connectivity index (χ2v) is 3.66. The Labute approximate surface area is 85.5 Å². The molecule has 0 aliphatic carbocycles. The Balaban J connectivity index is 2.24. The van der Waals surface area contributed by atoms with Gasteiger partial charge in [0, 0.05) is 22.6 Å². The second kappa shape index (κ2) is 4.76. The molecule has 0 saturated heterocycles. The van der Waals surface area contributed by atoms with Crippen LogP contribution in [-0.2, 0) is 11.3 Å². The van der Waals surface area contributed by atoms with Gasteiger partial charge in [-0.25, -0.2) is 9.67 Å². The molecular formula is C7H12IN3O. The Bertz CT molecular complexity index is 236. The number of nitrogens with zero attached hydrogens (tertiary/aromatic N) is 3. The van der Waals surface area contributed by atoms with E-state index in [1.807, 2.05) is 13.8 Å². The van der Waals surface area contributed by atoms with Crippen LogP contribution in [-0.4, -0.2) is 27.5 Å². The molecule has 1 rings (SSSR count). The molecule has 0 atom stereocenters. The molecule has 68 valence electrons. The Morgan fingerprint density at radius 3 is 2.92 bits per heavy atom. The van der Waals surface area contributed by atoms with E-state index < -0.39 is 0 Å². The molecule has 5 heteroatoms. The molecule has 1 aromatic heterocycles. The highest BCUT2D eigenvalue weighted by Crippen LogP contribution is 1.94. The van der Waals surface area contributed by atoms with Crippen molar-refractivity contribution in [2.75, 3.05) is 6.61 Å². The van der Waals surface area contributed by atoms with Gasteiger partial charge in [-0.1, -0.05) is 0 Å². The standard InChI is InChI=1S/C7H12IN3O/c1-6(2)12-4-3-11-5-9-7(8)10-11/h5-6H,3-4H2,1-2H3. The molecule has 1 heterocycles. The minimum absolute atomic E-state index is 0.285. The van der Waals surface area contributed by atoms with Gasteiger partial charge in [0.15, 0.2) is 0 Å². The van der Waals surface area contributed by atoms with Crippen LogP contribution < -0.4 is 0 Å². The minimum atomic E-state index is 0.285. The van der Waals surface area contributed by atoms with Gasteiger partial charge in [0.1, 0.15) is 6.33 Å². The maximum Gasteiger partial charge on any atom is 0.211 e. The van der Waals surface area contributed by atoms with Crippen molar-refractivity contribution in [1.82, 2.24) is 14.8 Å². The van der Waals surface area contributed by atoms with Gasteiger partial charge in [0.05, 0.1) is 19.3 Å². The molecule has 0 aliphatic rings. The van der Waals surface area contributed by atoms with Crippen molar-refractivity contribution >= 4 is 22.6 Å². The molecule has 0 fully saturated rings. The first-order valence-electron chi connectivity index (χ1n) is 3.85. The number of rotatable bonds is 4. The van der Waals surface area contributed by atoms with Gasteiger partial charge in [-0.15, -0.1) is 5.10 Å². The van der Waals surface area contributed by atoms with E-state index >= 15 is 0 Å². The summed E-state index contributed by atoms with van der Waals surface area (Å²) in [5, 5.41) is 4.12. The number of aromatic nitrogens is 3. The average molecular weight is 281 g/mol. The molecule has 0 unspecified atom stereocenters. The third-order valence-corrected chi connectivity index (χ3v) is 1.77. The Morgan fingerprint density at radius 1 is 1.67 bits per heavy atom. The lowest BCUT2D eigenvalue weighted by molar-refractivity contribution is 0.0709. The largest absolute Gasteiger partial charge is 0.377 e. The predicted molar refractivity (Wildman–Crippen MR) is 53.8 cm³/mol. The zero-order chi connectivity index (χ0) is 8.97. The SMILES string of the molecule is CC(C)OCCn1cnc(I)n1. The van der Waals surface area contributed by atoms with Crippen LogP contribution in [0.3, 0.4) is 0 Å². The van der Waals surface area contributed by atoms with Crippen LogP contribution >= 0.6 is 22.6 Å². The second-order valence-electron chi connectivity index (χ2n) is 2.70. The van der Waals surface area contributed by atoms with Crippen LogP contribution in [0.4, 0.5) is 0 Å².